The molecule has 0 spiro atoms. The molecule has 1 unspecified atom stereocenters. The Balaban J connectivity index is 2.05. The van der Waals surface area contributed by atoms with Gasteiger partial charge in [-0.05, 0) is 60.9 Å². The number of nitrogens with zero attached hydrogens (tertiary/aromatic N) is 3. The molecule has 0 saturated carbocycles. The lowest BCUT2D eigenvalue weighted by Crippen LogP contribution is -2.19. The van der Waals surface area contributed by atoms with Gasteiger partial charge in [-0.3, -0.25) is 0 Å². The fourth-order valence-corrected chi connectivity index (χ4v) is 3.40. The fourth-order valence-electron chi connectivity index (χ4n) is 1.74. The maximum absolute atomic E-state index is 4.46. The SMILES string of the molecule is CCCNC(C)c1ccnc(Sc2nc(CC)ns2)c1. The number of rotatable bonds is 7. The lowest BCUT2D eigenvalue weighted by atomic mass is 10.1. The van der Waals surface area contributed by atoms with Gasteiger partial charge in [0.05, 0.1) is 0 Å². The van der Waals surface area contributed by atoms with Gasteiger partial charge in [-0.1, -0.05) is 13.8 Å². The minimum absolute atomic E-state index is 0.345. The van der Waals surface area contributed by atoms with E-state index in [1.54, 1.807) is 11.8 Å². The lowest BCUT2D eigenvalue weighted by Gasteiger charge is -2.13. The van der Waals surface area contributed by atoms with Gasteiger partial charge in [0.2, 0.25) is 0 Å². The topological polar surface area (TPSA) is 50.7 Å². The van der Waals surface area contributed by atoms with Crippen molar-refractivity contribution in [1.82, 2.24) is 19.7 Å². The molecule has 2 rings (SSSR count). The number of nitrogens with one attached hydrogen (secondary N) is 1. The first-order valence-corrected chi connectivity index (χ1v) is 8.51. The highest BCUT2D eigenvalue weighted by atomic mass is 32.2. The van der Waals surface area contributed by atoms with Gasteiger partial charge in [0, 0.05) is 18.7 Å². The van der Waals surface area contributed by atoms with E-state index in [4.69, 9.17) is 0 Å². The smallest absolute Gasteiger partial charge is 0.176 e. The molecule has 0 saturated heterocycles. The van der Waals surface area contributed by atoms with Crippen molar-refractivity contribution < 1.29 is 0 Å². The van der Waals surface area contributed by atoms with Crippen molar-refractivity contribution >= 4 is 23.3 Å². The molecular weight excluding hydrogens is 288 g/mol. The van der Waals surface area contributed by atoms with Crippen LogP contribution in [0.3, 0.4) is 0 Å². The van der Waals surface area contributed by atoms with Gasteiger partial charge in [-0.25, -0.2) is 9.97 Å². The van der Waals surface area contributed by atoms with Crippen LogP contribution in [0.5, 0.6) is 0 Å². The van der Waals surface area contributed by atoms with Crippen LogP contribution in [0.1, 0.15) is 44.6 Å². The summed E-state index contributed by atoms with van der Waals surface area (Å²) >= 11 is 3.03. The molecule has 1 atom stereocenters. The minimum Gasteiger partial charge on any atom is -0.310 e. The van der Waals surface area contributed by atoms with Crippen LogP contribution in [-0.4, -0.2) is 20.9 Å². The predicted octanol–water partition coefficient (Wildman–Crippen LogP) is 3.71. The first-order chi connectivity index (χ1) is 9.72. The van der Waals surface area contributed by atoms with E-state index < -0.39 is 0 Å². The molecule has 0 aliphatic rings. The van der Waals surface area contributed by atoms with Gasteiger partial charge in [-0.15, -0.1) is 0 Å². The van der Waals surface area contributed by atoms with Gasteiger partial charge >= 0.3 is 0 Å². The zero-order valence-electron chi connectivity index (χ0n) is 12.1. The Labute approximate surface area is 128 Å². The molecule has 0 amide bonds. The molecule has 4 nitrogen and oxygen atoms in total. The second kappa shape index (κ2) is 7.71. The second-order valence-electron chi connectivity index (χ2n) is 4.54. The molecule has 0 aliphatic heterocycles. The molecule has 20 heavy (non-hydrogen) atoms. The van der Waals surface area contributed by atoms with Gasteiger partial charge in [0.15, 0.2) is 4.34 Å². The maximum Gasteiger partial charge on any atom is 0.176 e. The van der Waals surface area contributed by atoms with E-state index in [0.29, 0.717) is 6.04 Å². The third-order valence-corrected chi connectivity index (χ3v) is 4.64. The first kappa shape index (κ1) is 15.4. The fraction of sp³-hybridized carbons (Fsp3) is 0.500. The zero-order chi connectivity index (χ0) is 14.4. The number of pyridine rings is 1. The lowest BCUT2D eigenvalue weighted by molar-refractivity contribution is 0.569. The van der Waals surface area contributed by atoms with Crippen molar-refractivity contribution in [2.45, 2.75) is 49.0 Å². The third-order valence-electron chi connectivity index (χ3n) is 2.92. The highest BCUT2D eigenvalue weighted by Gasteiger charge is 2.09. The number of aryl methyl sites for hydroxylation is 1. The van der Waals surface area contributed by atoms with E-state index in [1.165, 1.54) is 17.1 Å². The summed E-state index contributed by atoms with van der Waals surface area (Å²) < 4.78 is 5.26. The number of aromatic nitrogens is 3. The maximum atomic E-state index is 4.46. The Morgan fingerprint density at radius 2 is 2.25 bits per heavy atom. The molecule has 0 bridgehead atoms. The van der Waals surface area contributed by atoms with Crippen LogP contribution < -0.4 is 5.32 Å². The van der Waals surface area contributed by atoms with E-state index >= 15 is 0 Å². The van der Waals surface area contributed by atoms with Crippen molar-refractivity contribution in [2.24, 2.45) is 0 Å². The summed E-state index contributed by atoms with van der Waals surface area (Å²) in [5.74, 6) is 0.909. The summed E-state index contributed by atoms with van der Waals surface area (Å²) in [4.78, 5) is 8.87. The molecular formula is C14H20N4S2. The van der Waals surface area contributed by atoms with Crippen molar-refractivity contribution in [3.63, 3.8) is 0 Å². The molecule has 0 fully saturated rings. The van der Waals surface area contributed by atoms with Crippen molar-refractivity contribution in [3.05, 3.63) is 29.7 Å². The predicted molar refractivity (Wildman–Crippen MR) is 84.4 cm³/mol. The molecule has 0 aromatic carbocycles. The van der Waals surface area contributed by atoms with Gasteiger partial charge in [0.25, 0.3) is 0 Å². The Kier molecular flexibility index (Phi) is 5.94. The van der Waals surface area contributed by atoms with Gasteiger partial charge < -0.3 is 5.32 Å². The molecule has 2 aromatic rings. The van der Waals surface area contributed by atoms with Gasteiger partial charge in [0.1, 0.15) is 10.9 Å². The van der Waals surface area contributed by atoms with Crippen molar-refractivity contribution in [1.29, 1.82) is 0 Å². The van der Waals surface area contributed by atoms with Crippen LogP contribution in [0.25, 0.3) is 0 Å². The minimum atomic E-state index is 0.345. The Hall–Kier alpha value is -0.980. The third kappa shape index (κ3) is 4.26. The zero-order valence-corrected chi connectivity index (χ0v) is 13.7. The van der Waals surface area contributed by atoms with E-state index in [9.17, 15) is 0 Å². The highest BCUT2D eigenvalue weighted by Crippen LogP contribution is 2.28. The average molecular weight is 308 g/mol. The number of hydrogen-bond donors (Lipinski definition) is 1. The van der Waals surface area contributed by atoms with Crippen LogP contribution in [0.2, 0.25) is 0 Å². The van der Waals surface area contributed by atoms with E-state index in [0.717, 1.165) is 34.6 Å². The Morgan fingerprint density at radius 1 is 1.40 bits per heavy atom. The average Bonchev–Trinajstić information content (AvgIpc) is 2.92. The van der Waals surface area contributed by atoms with Crippen LogP contribution in [-0.2, 0) is 6.42 Å². The monoisotopic (exact) mass is 308 g/mol. The molecule has 2 aromatic heterocycles. The standard InChI is InChI=1S/C14H20N4S2/c1-4-7-15-10(3)11-6-8-16-13(9-11)19-14-17-12(5-2)18-20-14/h6,8-10,15H,4-5,7H2,1-3H3. The van der Waals surface area contributed by atoms with Crippen molar-refractivity contribution in [3.8, 4) is 0 Å². The molecule has 2 heterocycles. The van der Waals surface area contributed by atoms with E-state index in [2.05, 4.69) is 52.6 Å². The normalized spacial score (nSPS) is 12.6. The van der Waals surface area contributed by atoms with Crippen LogP contribution >= 0.6 is 23.3 Å². The summed E-state index contributed by atoms with van der Waals surface area (Å²) in [5, 5.41) is 4.47. The number of hydrogen-bond acceptors (Lipinski definition) is 6. The van der Waals surface area contributed by atoms with Crippen LogP contribution in [0, 0.1) is 0 Å². The van der Waals surface area contributed by atoms with E-state index in [1.807, 2.05) is 6.20 Å². The first-order valence-electron chi connectivity index (χ1n) is 6.92. The Bertz CT molecular complexity index is 541. The molecule has 1 N–H and O–H groups in total. The molecule has 6 heteroatoms. The molecule has 0 radical (unpaired) electrons. The quantitative estimate of drug-likeness (QED) is 0.845. The van der Waals surface area contributed by atoms with Crippen LogP contribution in [0.4, 0.5) is 0 Å². The highest BCUT2D eigenvalue weighted by molar-refractivity contribution is 8.00. The summed E-state index contributed by atoms with van der Waals surface area (Å²) in [6.07, 6.45) is 3.88. The van der Waals surface area contributed by atoms with Crippen LogP contribution in [0.15, 0.2) is 27.7 Å². The largest absolute Gasteiger partial charge is 0.310 e. The van der Waals surface area contributed by atoms with E-state index in [-0.39, 0.29) is 0 Å². The summed E-state index contributed by atoms with van der Waals surface area (Å²) in [6, 6.07) is 4.54. The second-order valence-corrected chi connectivity index (χ2v) is 6.55. The summed E-state index contributed by atoms with van der Waals surface area (Å²) in [5.41, 5.74) is 1.26. The van der Waals surface area contributed by atoms with Crippen molar-refractivity contribution in [2.75, 3.05) is 6.54 Å². The molecule has 108 valence electrons. The molecule has 0 aliphatic carbocycles. The van der Waals surface area contributed by atoms with Gasteiger partial charge in [-0.2, -0.15) is 4.37 Å². The Morgan fingerprint density at radius 3 is 2.95 bits per heavy atom. The summed E-state index contributed by atoms with van der Waals surface area (Å²) in [7, 11) is 0. The summed E-state index contributed by atoms with van der Waals surface area (Å²) in [6.45, 7) is 7.45.